The van der Waals surface area contributed by atoms with Crippen molar-refractivity contribution in [1.82, 2.24) is 9.80 Å². The van der Waals surface area contributed by atoms with Gasteiger partial charge in [0.05, 0.1) is 0 Å². The highest BCUT2D eigenvalue weighted by molar-refractivity contribution is 5.48. The van der Waals surface area contributed by atoms with Gasteiger partial charge in [0.1, 0.15) is 0 Å². The Morgan fingerprint density at radius 3 is 1.15 bits per heavy atom. The van der Waals surface area contributed by atoms with Crippen LogP contribution in [0.3, 0.4) is 0 Å². The Morgan fingerprint density at radius 2 is 0.900 bits per heavy atom. The maximum absolute atomic E-state index is 10.5. The van der Waals surface area contributed by atoms with Gasteiger partial charge in [0, 0.05) is 13.1 Å². The van der Waals surface area contributed by atoms with Crippen LogP contribution in [0.1, 0.15) is 51.4 Å². The van der Waals surface area contributed by atoms with Gasteiger partial charge in [-0.2, -0.15) is 0 Å². The number of amides is 2. The first-order valence-corrected chi connectivity index (χ1v) is 7.45. The van der Waals surface area contributed by atoms with Crippen molar-refractivity contribution in [3.05, 3.63) is 25.6 Å². The first-order chi connectivity index (χ1) is 9.78. The second-order valence-electron chi connectivity index (χ2n) is 4.88. The molecule has 0 saturated carbocycles. The quantitative estimate of drug-likeness (QED) is 0.341. The fourth-order valence-electron chi connectivity index (χ4n) is 2.02. The van der Waals surface area contributed by atoms with Gasteiger partial charge < -0.3 is 9.80 Å². The van der Waals surface area contributed by atoms with Gasteiger partial charge in [-0.25, -0.2) is 0 Å². The van der Waals surface area contributed by atoms with Gasteiger partial charge in [-0.3, -0.25) is 9.59 Å². The van der Waals surface area contributed by atoms with Crippen LogP contribution in [0.5, 0.6) is 0 Å². The molecule has 0 aliphatic heterocycles. The number of rotatable bonds is 15. The number of hydrogen-bond donors (Lipinski definition) is 0. The predicted molar refractivity (Wildman–Crippen MR) is 82.9 cm³/mol. The van der Waals surface area contributed by atoms with Gasteiger partial charge in [-0.15, -0.1) is 0 Å². The standard InChI is InChI=1S/C16H28N2O2/c1-3-17(15-19)13-11-9-7-5-6-8-10-12-14-18(4-2)16-20/h3-4,15-16H,1-2,5-14H2. The molecule has 0 heterocycles. The summed E-state index contributed by atoms with van der Waals surface area (Å²) in [6, 6.07) is 0. The summed E-state index contributed by atoms with van der Waals surface area (Å²) in [6.07, 6.45) is 14.1. The Hall–Kier alpha value is -1.58. The maximum Gasteiger partial charge on any atom is 0.213 e. The van der Waals surface area contributed by atoms with E-state index < -0.39 is 0 Å². The normalized spacial score (nSPS) is 9.80. The van der Waals surface area contributed by atoms with E-state index in [1.54, 1.807) is 22.2 Å². The van der Waals surface area contributed by atoms with E-state index in [4.69, 9.17) is 0 Å². The Balaban J connectivity index is 3.24. The second kappa shape index (κ2) is 13.8. The summed E-state index contributed by atoms with van der Waals surface area (Å²) in [5, 5.41) is 0. The van der Waals surface area contributed by atoms with E-state index in [1.807, 2.05) is 0 Å². The number of hydrogen-bond acceptors (Lipinski definition) is 2. The molecule has 0 spiro atoms. The molecular weight excluding hydrogens is 252 g/mol. The number of carbonyl (C=O) groups excluding carboxylic acids is 2. The number of carbonyl (C=O) groups is 2. The fraction of sp³-hybridized carbons (Fsp3) is 0.625. The largest absolute Gasteiger partial charge is 0.322 e. The number of unbranched alkanes of at least 4 members (excludes halogenated alkanes) is 7. The van der Waals surface area contributed by atoms with Crippen LogP contribution in [0.15, 0.2) is 25.6 Å². The molecular formula is C16H28N2O2. The first kappa shape index (κ1) is 18.4. The van der Waals surface area contributed by atoms with Gasteiger partial charge >= 0.3 is 0 Å². The Kier molecular flexibility index (Phi) is 12.7. The van der Waals surface area contributed by atoms with Gasteiger partial charge in [-0.1, -0.05) is 51.7 Å². The smallest absolute Gasteiger partial charge is 0.213 e. The van der Waals surface area contributed by atoms with E-state index in [-0.39, 0.29) is 0 Å². The summed E-state index contributed by atoms with van der Waals surface area (Å²) in [5.41, 5.74) is 0. The van der Waals surface area contributed by atoms with E-state index in [1.165, 1.54) is 25.7 Å². The lowest BCUT2D eigenvalue weighted by molar-refractivity contribution is -0.116. The average Bonchev–Trinajstić information content (AvgIpc) is 2.49. The molecule has 0 rings (SSSR count). The summed E-state index contributed by atoms with van der Waals surface area (Å²) in [7, 11) is 0. The minimum atomic E-state index is 0.774. The molecule has 4 heteroatoms. The highest BCUT2D eigenvalue weighted by Gasteiger charge is 1.97. The molecule has 0 aromatic rings. The second-order valence-corrected chi connectivity index (χ2v) is 4.88. The molecule has 0 atom stereocenters. The highest BCUT2D eigenvalue weighted by Crippen LogP contribution is 2.09. The predicted octanol–water partition coefficient (Wildman–Crippen LogP) is 3.31. The highest BCUT2D eigenvalue weighted by atomic mass is 16.1. The molecule has 0 radical (unpaired) electrons. The lowest BCUT2D eigenvalue weighted by atomic mass is 10.1. The zero-order valence-corrected chi connectivity index (χ0v) is 12.5. The fourth-order valence-corrected chi connectivity index (χ4v) is 2.02. The van der Waals surface area contributed by atoms with Crippen molar-refractivity contribution in [2.75, 3.05) is 13.1 Å². The average molecular weight is 280 g/mol. The molecule has 0 aliphatic rings. The monoisotopic (exact) mass is 280 g/mol. The van der Waals surface area contributed by atoms with Crippen LogP contribution < -0.4 is 0 Å². The summed E-state index contributed by atoms with van der Waals surface area (Å²) >= 11 is 0. The molecule has 0 aromatic heterocycles. The van der Waals surface area contributed by atoms with Crippen LogP contribution in [0.4, 0.5) is 0 Å². The number of nitrogens with zero attached hydrogens (tertiary/aromatic N) is 2. The van der Waals surface area contributed by atoms with Gasteiger partial charge in [0.15, 0.2) is 0 Å². The van der Waals surface area contributed by atoms with Gasteiger partial charge in [0.2, 0.25) is 12.8 Å². The molecule has 0 aliphatic carbocycles. The maximum atomic E-state index is 10.5. The molecule has 0 unspecified atom stereocenters. The molecule has 0 bridgehead atoms. The van der Waals surface area contributed by atoms with E-state index >= 15 is 0 Å². The summed E-state index contributed by atoms with van der Waals surface area (Å²) in [5.74, 6) is 0. The third-order valence-electron chi connectivity index (χ3n) is 3.32. The SMILES string of the molecule is C=CN(C=O)CCCCCCCCCCN(C=C)C=O. The summed E-state index contributed by atoms with van der Waals surface area (Å²) < 4.78 is 0. The van der Waals surface area contributed by atoms with Crippen LogP contribution in [0.2, 0.25) is 0 Å². The van der Waals surface area contributed by atoms with Crippen molar-refractivity contribution in [2.45, 2.75) is 51.4 Å². The minimum absolute atomic E-state index is 0.774. The Labute approximate surface area is 123 Å². The van der Waals surface area contributed by atoms with Crippen LogP contribution >= 0.6 is 0 Å². The summed E-state index contributed by atoms with van der Waals surface area (Å²) in [6.45, 7) is 8.70. The zero-order chi connectivity index (χ0) is 15.1. The van der Waals surface area contributed by atoms with Crippen molar-refractivity contribution >= 4 is 12.8 Å². The van der Waals surface area contributed by atoms with E-state index in [0.29, 0.717) is 0 Å². The molecule has 0 fully saturated rings. The molecule has 0 aromatic carbocycles. The molecule has 4 nitrogen and oxygen atoms in total. The first-order valence-electron chi connectivity index (χ1n) is 7.45. The molecule has 0 N–H and O–H groups in total. The van der Waals surface area contributed by atoms with Crippen molar-refractivity contribution in [3.8, 4) is 0 Å². The van der Waals surface area contributed by atoms with Crippen LogP contribution in [-0.2, 0) is 9.59 Å². The van der Waals surface area contributed by atoms with Crippen molar-refractivity contribution in [2.24, 2.45) is 0 Å². The molecule has 2 amide bonds. The lowest BCUT2D eigenvalue weighted by Gasteiger charge is -2.11. The minimum Gasteiger partial charge on any atom is -0.322 e. The van der Waals surface area contributed by atoms with Gasteiger partial charge in [-0.05, 0) is 25.2 Å². The Morgan fingerprint density at radius 1 is 0.600 bits per heavy atom. The van der Waals surface area contributed by atoms with Crippen LogP contribution in [0, 0.1) is 0 Å². The molecule has 0 saturated heterocycles. The van der Waals surface area contributed by atoms with Crippen molar-refractivity contribution in [3.63, 3.8) is 0 Å². The third-order valence-corrected chi connectivity index (χ3v) is 3.32. The summed E-state index contributed by atoms with van der Waals surface area (Å²) in [4.78, 5) is 24.2. The molecule has 114 valence electrons. The Bertz CT molecular complexity index is 236. The molecule has 20 heavy (non-hydrogen) atoms. The van der Waals surface area contributed by atoms with Gasteiger partial charge in [0.25, 0.3) is 0 Å². The topological polar surface area (TPSA) is 40.6 Å². The zero-order valence-electron chi connectivity index (χ0n) is 12.5. The third kappa shape index (κ3) is 10.4. The van der Waals surface area contributed by atoms with E-state index in [9.17, 15) is 9.59 Å². The van der Waals surface area contributed by atoms with Crippen LogP contribution in [-0.4, -0.2) is 35.7 Å². The van der Waals surface area contributed by atoms with E-state index in [0.717, 1.165) is 51.6 Å². The lowest BCUT2D eigenvalue weighted by Crippen LogP contribution is -2.15. The van der Waals surface area contributed by atoms with Crippen LogP contribution in [0.25, 0.3) is 0 Å². The van der Waals surface area contributed by atoms with Crippen molar-refractivity contribution < 1.29 is 9.59 Å². The van der Waals surface area contributed by atoms with Crippen molar-refractivity contribution in [1.29, 1.82) is 0 Å². The van der Waals surface area contributed by atoms with E-state index in [2.05, 4.69) is 13.2 Å².